The Hall–Kier alpha value is -0.980. The Bertz CT molecular complexity index is 430. The normalized spacial score (nSPS) is 12.7. The Labute approximate surface area is 125 Å². The van der Waals surface area contributed by atoms with Crippen LogP contribution in [0.3, 0.4) is 0 Å². The minimum Gasteiger partial charge on any atom is -0.496 e. The number of hydrogen-bond acceptors (Lipinski definition) is 1. The van der Waals surface area contributed by atoms with E-state index in [0.29, 0.717) is 0 Å². The minimum absolute atomic E-state index is 0.0987. The van der Waals surface area contributed by atoms with Gasteiger partial charge in [0, 0.05) is 5.56 Å². The van der Waals surface area contributed by atoms with Crippen LogP contribution in [0.1, 0.15) is 77.6 Å². The molecule has 0 aliphatic carbocycles. The van der Waals surface area contributed by atoms with E-state index in [1.807, 2.05) is 0 Å². The third-order valence-electron chi connectivity index (χ3n) is 4.02. The van der Waals surface area contributed by atoms with Gasteiger partial charge >= 0.3 is 0 Å². The van der Waals surface area contributed by atoms with Gasteiger partial charge in [-0.1, -0.05) is 61.5 Å². The molecule has 0 saturated heterocycles. The summed E-state index contributed by atoms with van der Waals surface area (Å²) in [6, 6.07) is 2.39. The average molecular weight is 276 g/mol. The van der Waals surface area contributed by atoms with Gasteiger partial charge in [0.2, 0.25) is 0 Å². The maximum absolute atomic E-state index is 5.80. The largest absolute Gasteiger partial charge is 0.496 e. The standard InChI is InChI=1S/C19H32O/c1-10-13-14(11-2)17(20-9)16(19(6,7)8)12-15(13)18(3,4)5/h12H,10-11H2,1-9H3. The zero-order chi connectivity index (χ0) is 15.7. The van der Waals surface area contributed by atoms with Crippen LogP contribution in [-0.4, -0.2) is 7.11 Å². The first-order valence-corrected chi connectivity index (χ1v) is 7.81. The van der Waals surface area contributed by atoms with Gasteiger partial charge < -0.3 is 4.74 Å². The minimum atomic E-state index is 0.0987. The Morgan fingerprint density at radius 2 is 1.25 bits per heavy atom. The van der Waals surface area contributed by atoms with Crippen LogP contribution >= 0.6 is 0 Å². The molecule has 0 aliphatic heterocycles. The molecule has 0 heterocycles. The van der Waals surface area contributed by atoms with Crippen molar-refractivity contribution < 1.29 is 4.74 Å². The van der Waals surface area contributed by atoms with Crippen molar-refractivity contribution in [2.45, 2.75) is 79.1 Å². The maximum atomic E-state index is 5.80. The lowest BCUT2D eigenvalue weighted by Crippen LogP contribution is -2.21. The van der Waals surface area contributed by atoms with Crippen LogP contribution in [0.25, 0.3) is 0 Å². The van der Waals surface area contributed by atoms with Gasteiger partial charge in [-0.05, 0) is 40.4 Å². The molecule has 0 amide bonds. The van der Waals surface area contributed by atoms with E-state index >= 15 is 0 Å². The van der Waals surface area contributed by atoms with Crippen LogP contribution in [0.15, 0.2) is 6.07 Å². The van der Waals surface area contributed by atoms with Crippen LogP contribution in [0.5, 0.6) is 5.75 Å². The van der Waals surface area contributed by atoms with Crippen molar-refractivity contribution in [1.82, 2.24) is 0 Å². The van der Waals surface area contributed by atoms with Crippen LogP contribution < -0.4 is 4.74 Å². The van der Waals surface area contributed by atoms with Crippen LogP contribution in [-0.2, 0) is 23.7 Å². The van der Waals surface area contributed by atoms with Crippen molar-refractivity contribution in [2.24, 2.45) is 0 Å². The highest BCUT2D eigenvalue weighted by Gasteiger charge is 2.28. The molecule has 0 spiro atoms. The molecule has 1 aromatic rings. The van der Waals surface area contributed by atoms with Crippen LogP contribution in [0, 0.1) is 0 Å². The smallest absolute Gasteiger partial charge is 0.126 e. The predicted molar refractivity (Wildman–Crippen MR) is 89.2 cm³/mol. The van der Waals surface area contributed by atoms with Crippen molar-refractivity contribution in [3.8, 4) is 5.75 Å². The molecule has 0 aliphatic rings. The molecule has 0 unspecified atom stereocenters. The average Bonchev–Trinajstić information content (AvgIpc) is 2.33. The van der Waals surface area contributed by atoms with Crippen molar-refractivity contribution in [1.29, 1.82) is 0 Å². The van der Waals surface area contributed by atoms with Gasteiger partial charge in [-0.15, -0.1) is 0 Å². The summed E-state index contributed by atoms with van der Waals surface area (Å²) in [6.45, 7) is 18.2. The fourth-order valence-electron chi connectivity index (χ4n) is 3.00. The molecule has 0 bridgehead atoms. The fourth-order valence-corrected chi connectivity index (χ4v) is 3.00. The highest BCUT2D eigenvalue weighted by molar-refractivity contribution is 5.55. The molecule has 1 heteroatoms. The first-order chi connectivity index (χ1) is 9.07. The van der Waals surface area contributed by atoms with Gasteiger partial charge in [-0.25, -0.2) is 0 Å². The Balaban J connectivity index is 3.81. The zero-order valence-corrected chi connectivity index (χ0v) is 14.9. The summed E-state index contributed by atoms with van der Waals surface area (Å²) in [7, 11) is 1.81. The molecule has 20 heavy (non-hydrogen) atoms. The quantitative estimate of drug-likeness (QED) is 0.716. The fraction of sp³-hybridized carbons (Fsp3) is 0.684. The lowest BCUT2D eigenvalue weighted by molar-refractivity contribution is 0.391. The molecule has 0 radical (unpaired) electrons. The lowest BCUT2D eigenvalue weighted by Gasteiger charge is -2.31. The van der Waals surface area contributed by atoms with Crippen LogP contribution in [0.2, 0.25) is 0 Å². The van der Waals surface area contributed by atoms with E-state index in [2.05, 4.69) is 61.5 Å². The molecule has 114 valence electrons. The Morgan fingerprint density at radius 3 is 1.55 bits per heavy atom. The topological polar surface area (TPSA) is 9.23 Å². The van der Waals surface area contributed by atoms with Crippen LogP contribution in [0.4, 0.5) is 0 Å². The van der Waals surface area contributed by atoms with E-state index in [0.717, 1.165) is 18.6 Å². The summed E-state index contributed by atoms with van der Waals surface area (Å²) in [5, 5.41) is 0. The summed E-state index contributed by atoms with van der Waals surface area (Å²) < 4.78 is 5.80. The second kappa shape index (κ2) is 5.79. The number of rotatable bonds is 3. The zero-order valence-electron chi connectivity index (χ0n) is 14.9. The number of ether oxygens (including phenoxy) is 1. The maximum Gasteiger partial charge on any atom is 0.126 e. The van der Waals surface area contributed by atoms with Gasteiger partial charge in [-0.3, -0.25) is 0 Å². The van der Waals surface area contributed by atoms with Crippen molar-refractivity contribution in [3.63, 3.8) is 0 Å². The second-order valence-corrected chi connectivity index (χ2v) is 7.67. The van der Waals surface area contributed by atoms with Crippen molar-refractivity contribution >= 4 is 0 Å². The summed E-state index contributed by atoms with van der Waals surface area (Å²) in [5.74, 6) is 1.10. The highest BCUT2D eigenvalue weighted by Crippen LogP contribution is 2.41. The highest BCUT2D eigenvalue weighted by atomic mass is 16.5. The van der Waals surface area contributed by atoms with Crippen molar-refractivity contribution in [3.05, 3.63) is 28.3 Å². The number of hydrogen-bond donors (Lipinski definition) is 0. The first-order valence-electron chi connectivity index (χ1n) is 7.81. The second-order valence-electron chi connectivity index (χ2n) is 7.67. The van der Waals surface area contributed by atoms with Gasteiger partial charge in [0.15, 0.2) is 0 Å². The first kappa shape index (κ1) is 17.1. The molecule has 1 aromatic carbocycles. The molecule has 0 fully saturated rings. The predicted octanol–water partition coefficient (Wildman–Crippen LogP) is 5.42. The van der Waals surface area contributed by atoms with Gasteiger partial charge in [0.25, 0.3) is 0 Å². The summed E-state index contributed by atoms with van der Waals surface area (Å²) in [6.07, 6.45) is 2.09. The molecular weight excluding hydrogens is 244 g/mol. The Morgan fingerprint density at radius 1 is 0.800 bits per heavy atom. The van der Waals surface area contributed by atoms with E-state index in [4.69, 9.17) is 4.74 Å². The number of methoxy groups -OCH3 is 1. The molecule has 1 nitrogen and oxygen atoms in total. The summed E-state index contributed by atoms with van der Waals surface area (Å²) >= 11 is 0. The Kier molecular flexibility index (Phi) is 4.94. The third-order valence-corrected chi connectivity index (χ3v) is 4.02. The van der Waals surface area contributed by atoms with Gasteiger partial charge in [0.05, 0.1) is 7.11 Å². The van der Waals surface area contributed by atoms with Crippen molar-refractivity contribution in [2.75, 3.05) is 7.11 Å². The molecule has 0 aromatic heterocycles. The van der Waals surface area contributed by atoms with E-state index in [1.54, 1.807) is 7.11 Å². The van der Waals surface area contributed by atoms with E-state index in [9.17, 15) is 0 Å². The molecule has 1 rings (SSSR count). The van der Waals surface area contributed by atoms with E-state index in [-0.39, 0.29) is 10.8 Å². The third kappa shape index (κ3) is 3.19. The summed E-state index contributed by atoms with van der Waals surface area (Å²) in [4.78, 5) is 0. The molecule has 0 N–H and O–H groups in total. The van der Waals surface area contributed by atoms with E-state index < -0.39 is 0 Å². The molecular formula is C19H32O. The lowest BCUT2D eigenvalue weighted by atomic mass is 9.75. The van der Waals surface area contributed by atoms with E-state index in [1.165, 1.54) is 22.3 Å². The van der Waals surface area contributed by atoms with Gasteiger partial charge in [0.1, 0.15) is 5.75 Å². The monoisotopic (exact) mass is 276 g/mol. The SMILES string of the molecule is CCc1c(C(C)(C)C)cc(C(C)(C)C)c(OC)c1CC. The van der Waals surface area contributed by atoms with Gasteiger partial charge in [-0.2, -0.15) is 0 Å². The summed E-state index contributed by atoms with van der Waals surface area (Å²) in [5.41, 5.74) is 5.95. The number of benzene rings is 1. The molecule has 0 atom stereocenters. The molecule has 0 saturated carbocycles.